The van der Waals surface area contributed by atoms with Gasteiger partial charge in [0, 0.05) is 12.6 Å². The van der Waals surface area contributed by atoms with Gasteiger partial charge in [-0.2, -0.15) is 0 Å². The number of benzene rings is 1. The minimum absolute atomic E-state index is 0.0967. The number of nitrogens with one attached hydrogen (secondary N) is 2. The number of rotatable bonds is 5. The van der Waals surface area contributed by atoms with Crippen LogP contribution in [0.3, 0.4) is 0 Å². The normalized spacial score (nSPS) is 12.6. The van der Waals surface area contributed by atoms with Crippen molar-refractivity contribution < 1.29 is 14.7 Å². The summed E-state index contributed by atoms with van der Waals surface area (Å²) in [6, 6.07) is 6.33. The van der Waals surface area contributed by atoms with Crippen LogP contribution in [0.1, 0.15) is 50.0 Å². The van der Waals surface area contributed by atoms with Gasteiger partial charge in [0.15, 0.2) is 0 Å². The van der Waals surface area contributed by atoms with Crippen molar-refractivity contribution >= 4 is 12.0 Å². The number of aromatic carboxylic acids is 1. The maximum atomic E-state index is 11.8. The molecule has 2 amide bonds. The van der Waals surface area contributed by atoms with E-state index < -0.39 is 5.97 Å². The number of carboxylic acid groups (broad SMARTS) is 1. The van der Waals surface area contributed by atoms with E-state index in [9.17, 15) is 9.59 Å². The van der Waals surface area contributed by atoms with Gasteiger partial charge in [0.2, 0.25) is 0 Å². The summed E-state index contributed by atoms with van der Waals surface area (Å²) in [5, 5.41) is 14.5. The molecule has 0 saturated carbocycles. The molecule has 116 valence electrons. The highest BCUT2D eigenvalue weighted by Gasteiger charge is 2.16. The average Bonchev–Trinajstić information content (AvgIpc) is 2.34. The van der Waals surface area contributed by atoms with Crippen molar-refractivity contribution in [2.75, 3.05) is 0 Å². The summed E-state index contributed by atoms with van der Waals surface area (Å²) in [4.78, 5) is 22.5. The molecule has 1 aromatic rings. The lowest BCUT2D eigenvalue weighted by atomic mass is 9.89. The Balaban J connectivity index is 2.41. The van der Waals surface area contributed by atoms with Crippen LogP contribution in [0.15, 0.2) is 24.3 Å². The Morgan fingerprint density at radius 2 is 1.76 bits per heavy atom. The van der Waals surface area contributed by atoms with Crippen molar-refractivity contribution in [3.8, 4) is 0 Å². The molecule has 0 heterocycles. The maximum absolute atomic E-state index is 11.8. The van der Waals surface area contributed by atoms with Gasteiger partial charge in [0.25, 0.3) is 0 Å². The molecule has 0 spiro atoms. The topological polar surface area (TPSA) is 78.4 Å². The summed E-state index contributed by atoms with van der Waals surface area (Å²) in [6.45, 7) is 8.74. The molecule has 0 aliphatic carbocycles. The molecule has 0 radical (unpaired) electrons. The van der Waals surface area contributed by atoms with Gasteiger partial charge < -0.3 is 15.7 Å². The maximum Gasteiger partial charge on any atom is 0.335 e. The van der Waals surface area contributed by atoms with E-state index in [2.05, 4.69) is 31.4 Å². The zero-order valence-corrected chi connectivity index (χ0v) is 13.1. The predicted octanol–water partition coefficient (Wildman–Crippen LogP) is 3.01. The fourth-order valence-corrected chi connectivity index (χ4v) is 2.19. The van der Waals surface area contributed by atoms with Gasteiger partial charge in [0.05, 0.1) is 5.56 Å². The third kappa shape index (κ3) is 6.79. The van der Waals surface area contributed by atoms with E-state index in [0.717, 1.165) is 12.0 Å². The first-order valence-electron chi connectivity index (χ1n) is 7.04. The smallest absolute Gasteiger partial charge is 0.335 e. The molecule has 0 fully saturated rings. The zero-order valence-electron chi connectivity index (χ0n) is 13.1. The molecule has 5 nitrogen and oxygen atoms in total. The first kappa shape index (κ1) is 17.0. The van der Waals surface area contributed by atoms with E-state index >= 15 is 0 Å². The van der Waals surface area contributed by atoms with E-state index in [-0.39, 0.29) is 23.1 Å². The van der Waals surface area contributed by atoms with Crippen molar-refractivity contribution in [1.82, 2.24) is 10.6 Å². The van der Waals surface area contributed by atoms with Gasteiger partial charge in [-0.05, 0) is 36.5 Å². The van der Waals surface area contributed by atoms with E-state index in [0.29, 0.717) is 6.54 Å². The van der Waals surface area contributed by atoms with Crippen LogP contribution in [0.4, 0.5) is 4.79 Å². The Bertz CT molecular complexity index is 489. The molecule has 1 rings (SSSR count). The Morgan fingerprint density at radius 3 is 2.24 bits per heavy atom. The number of carbonyl (C=O) groups excluding carboxylic acids is 1. The fourth-order valence-electron chi connectivity index (χ4n) is 2.19. The Kier molecular flexibility index (Phi) is 5.76. The summed E-state index contributed by atoms with van der Waals surface area (Å²) in [5.74, 6) is -0.955. The number of hydrogen-bond donors (Lipinski definition) is 3. The second kappa shape index (κ2) is 7.11. The molecular weight excluding hydrogens is 268 g/mol. The molecular formula is C16H24N2O3. The second-order valence-corrected chi connectivity index (χ2v) is 6.49. The molecule has 0 aliphatic rings. The van der Waals surface area contributed by atoms with Crippen molar-refractivity contribution in [2.24, 2.45) is 5.41 Å². The Morgan fingerprint density at radius 1 is 1.19 bits per heavy atom. The number of amides is 2. The van der Waals surface area contributed by atoms with E-state index in [1.54, 1.807) is 12.1 Å². The third-order valence-corrected chi connectivity index (χ3v) is 2.95. The number of carboxylic acids is 1. The highest BCUT2D eigenvalue weighted by Crippen LogP contribution is 2.20. The molecule has 21 heavy (non-hydrogen) atoms. The van der Waals surface area contributed by atoms with Crippen LogP contribution in [-0.4, -0.2) is 23.1 Å². The number of urea groups is 1. The lowest BCUT2D eigenvalue weighted by Crippen LogP contribution is -2.41. The van der Waals surface area contributed by atoms with Crippen LogP contribution in [-0.2, 0) is 6.54 Å². The molecule has 0 aliphatic heterocycles. The lowest BCUT2D eigenvalue weighted by Gasteiger charge is -2.24. The standard InChI is InChI=1S/C16H24N2O3/c1-11(9-16(2,3)4)18-15(21)17-10-12-5-7-13(8-6-12)14(19)20/h5-8,11H,9-10H2,1-4H3,(H,19,20)(H2,17,18,21). The predicted molar refractivity (Wildman–Crippen MR) is 82.3 cm³/mol. The minimum atomic E-state index is -0.955. The quantitative estimate of drug-likeness (QED) is 0.780. The Labute approximate surface area is 125 Å². The van der Waals surface area contributed by atoms with Gasteiger partial charge in [-0.15, -0.1) is 0 Å². The highest BCUT2D eigenvalue weighted by atomic mass is 16.4. The van der Waals surface area contributed by atoms with Crippen molar-refractivity contribution in [3.05, 3.63) is 35.4 Å². The molecule has 1 atom stereocenters. The van der Waals surface area contributed by atoms with Crippen molar-refractivity contribution in [1.29, 1.82) is 0 Å². The monoisotopic (exact) mass is 292 g/mol. The summed E-state index contributed by atoms with van der Waals surface area (Å²) < 4.78 is 0. The summed E-state index contributed by atoms with van der Waals surface area (Å²) in [6.07, 6.45) is 0.897. The van der Waals surface area contributed by atoms with Gasteiger partial charge in [-0.3, -0.25) is 0 Å². The third-order valence-electron chi connectivity index (χ3n) is 2.95. The summed E-state index contributed by atoms with van der Waals surface area (Å²) >= 11 is 0. The SMILES string of the molecule is CC(CC(C)(C)C)NC(=O)NCc1ccc(C(=O)O)cc1. The Hall–Kier alpha value is -2.04. The largest absolute Gasteiger partial charge is 0.478 e. The molecule has 0 bridgehead atoms. The summed E-state index contributed by atoms with van der Waals surface area (Å²) in [5.41, 5.74) is 1.26. The molecule has 5 heteroatoms. The molecule has 1 aromatic carbocycles. The number of carbonyl (C=O) groups is 2. The van der Waals surface area contributed by atoms with Gasteiger partial charge >= 0.3 is 12.0 Å². The van der Waals surface area contributed by atoms with Crippen LogP contribution >= 0.6 is 0 Å². The first-order valence-corrected chi connectivity index (χ1v) is 7.04. The molecule has 3 N–H and O–H groups in total. The van der Waals surface area contributed by atoms with Crippen LogP contribution in [0.2, 0.25) is 0 Å². The minimum Gasteiger partial charge on any atom is -0.478 e. The van der Waals surface area contributed by atoms with Gasteiger partial charge in [-0.1, -0.05) is 32.9 Å². The molecule has 1 unspecified atom stereocenters. The fraction of sp³-hybridized carbons (Fsp3) is 0.500. The van der Waals surface area contributed by atoms with Crippen molar-refractivity contribution in [2.45, 2.75) is 46.7 Å². The van der Waals surface area contributed by atoms with E-state index in [4.69, 9.17) is 5.11 Å². The molecule has 0 saturated heterocycles. The van der Waals surface area contributed by atoms with Crippen LogP contribution < -0.4 is 10.6 Å². The summed E-state index contributed by atoms with van der Waals surface area (Å²) in [7, 11) is 0. The second-order valence-electron chi connectivity index (χ2n) is 6.49. The van der Waals surface area contributed by atoms with Crippen LogP contribution in [0.5, 0.6) is 0 Å². The van der Waals surface area contributed by atoms with E-state index in [1.165, 1.54) is 12.1 Å². The van der Waals surface area contributed by atoms with Gasteiger partial charge in [-0.25, -0.2) is 9.59 Å². The van der Waals surface area contributed by atoms with Crippen molar-refractivity contribution in [3.63, 3.8) is 0 Å². The molecule has 0 aromatic heterocycles. The van der Waals surface area contributed by atoms with Gasteiger partial charge in [0.1, 0.15) is 0 Å². The average molecular weight is 292 g/mol. The van der Waals surface area contributed by atoms with Crippen LogP contribution in [0.25, 0.3) is 0 Å². The lowest BCUT2D eigenvalue weighted by molar-refractivity contribution is 0.0697. The highest BCUT2D eigenvalue weighted by molar-refractivity contribution is 5.87. The first-order chi connectivity index (χ1) is 9.67. The van der Waals surface area contributed by atoms with E-state index in [1.807, 2.05) is 6.92 Å². The zero-order chi connectivity index (χ0) is 16.0. The number of hydrogen-bond acceptors (Lipinski definition) is 2. The van der Waals surface area contributed by atoms with Crippen LogP contribution in [0, 0.1) is 5.41 Å².